The van der Waals surface area contributed by atoms with E-state index in [0.717, 1.165) is 39.0 Å². The highest BCUT2D eigenvalue weighted by molar-refractivity contribution is 8.00. The number of aliphatic hydroxyl groups excluding tert-OH is 1. The summed E-state index contributed by atoms with van der Waals surface area (Å²) in [5.41, 5.74) is 2.17. The highest BCUT2D eigenvalue weighted by atomic mass is 32.2. The molecular weight excluding hydrogens is 348 g/mol. The number of rotatable bonds is 6. The van der Waals surface area contributed by atoms with Gasteiger partial charge in [-0.2, -0.15) is 0 Å². The average Bonchev–Trinajstić information content (AvgIpc) is 2.86. The number of fused-ring (bicyclic) bond motifs is 3. The summed E-state index contributed by atoms with van der Waals surface area (Å²) in [6, 6.07) is 0. The molecule has 4 nitrogen and oxygen atoms in total. The topological polar surface area (TPSA) is 55.2 Å². The molecule has 0 saturated carbocycles. The SMILES string of the molecule is CCCSc1nc(SCCO)c2sc3c(c2n1)COC(C)(C)C3. The van der Waals surface area contributed by atoms with Gasteiger partial charge in [0.1, 0.15) is 5.03 Å². The molecule has 2 aromatic heterocycles. The third-order valence-corrected chi connectivity index (χ3v) is 6.99. The van der Waals surface area contributed by atoms with E-state index < -0.39 is 0 Å². The van der Waals surface area contributed by atoms with E-state index in [4.69, 9.17) is 19.8 Å². The molecule has 0 radical (unpaired) electrons. The van der Waals surface area contributed by atoms with Crippen molar-refractivity contribution >= 4 is 45.1 Å². The van der Waals surface area contributed by atoms with Crippen LogP contribution in [0.4, 0.5) is 0 Å². The van der Waals surface area contributed by atoms with Crippen LogP contribution in [0, 0.1) is 0 Å². The maximum atomic E-state index is 9.16. The molecule has 23 heavy (non-hydrogen) atoms. The van der Waals surface area contributed by atoms with Crippen molar-refractivity contribution in [2.24, 2.45) is 0 Å². The first-order valence-corrected chi connectivity index (χ1v) is 10.7. The van der Waals surface area contributed by atoms with Gasteiger partial charge >= 0.3 is 0 Å². The summed E-state index contributed by atoms with van der Waals surface area (Å²) in [5, 5.41) is 11.0. The minimum Gasteiger partial charge on any atom is -0.396 e. The van der Waals surface area contributed by atoms with Crippen molar-refractivity contribution in [1.82, 2.24) is 9.97 Å². The van der Waals surface area contributed by atoms with Crippen LogP contribution in [-0.4, -0.2) is 38.8 Å². The van der Waals surface area contributed by atoms with Gasteiger partial charge in [-0.05, 0) is 20.3 Å². The quantitative estimate of drug-likeness (QED) is 0.469. The van der Waals surface area contributed by atoms with Gasteiger partial charge in [0.05, 0.1) is 29.0 Å². The normalized spacial score (nSPS) is 16.7. The Morgan fingerprint density at radius 3 is 2.83 bits per heavy atom. The molecule has 0 spiro atoms. The third-order valence-electron chi connectivity index (χ3n) is 3.62. The van der Waals surface area contributed by atoms with E-state index in [2.05, 4.69) is 20.8 Å². The van der Waals surface area contributed by atoms with Crippen LogP contribution in [-0.2, 0) is 17.8 Å². The number of ether oxygens (including phenoxy) is 1. The lowest BCUT2D eigenvalue weighted by Gasteiger charge is -2.29. The first kappa shape index (κ1) is 17.5. The predicted octanol–water partition coefficient (Wildman–Crippen LogP) is 4.13. The molecular formula is C16H22N2O2S3. The molecule has 7 heteroatoms. The van der Waals surface area contributed by atoms with Crippen LogP contribution >= 0.6 is 34.9 Å². The van der Waals surface area contributed by atoms with E-state index in [1.165, 1.54) is 10.4 Å². The van der Waals surface area contributed by atoms with Gasteiger partial charge in [-0.3, -0.25) is 0 Å². The highest BCUT2D eigenvalue weighted by Crippen LogP contribution is 2.42. The van der Waals surface area contributed by atoms with Crippen molar-refractivity contribution in [3.8, 4) is 0 Å². The second-order valence-corrected chi connectivity index (χ2v) is 9.39. The Morgan fingerprint density at radius 2 is 2.09 bits per heavy atom. The van der Waals surface area contributed by atoms with E-state index in [9.17, 15) is 0 Å². The molecule has 1 aliphatic heterocycles. The monoisotopic (exact) mass is 370 g/mol. The van der Waals surface area contributed by atoms with Gasteiger partial charge in [0, 0.05) is 28.4 Å². The Morgan fingerprint density at radius 1 is 1.26 bits per heavy atom. The number of aliphatic hydroxyl groups is 1. The average molecular weight is 371 g/mol. The molecule has 3 rings (SSSR count). The molecule has 0 aliphatic carbocycles. The molecule has 1 aliphatic rings. The van der Waals surface area contributed by atoms with Crippen LogP contribution in [0.5, 0.6) is 0 Å². The number of thioether (sulfide) groups is 2. The smallest absolute Gasteiger partial charge is 0.189 e. The van der Waals surface area contributed by atoms with E-state index >= 15 is 0 Å². The van der Waals surface area contributed by atoms with Crippen molar-refractivity contribution < 1.29 is 9.84 Å². The zero-order valence-electron chi connectivity index (χ0n) is 13.7. The lowest BCUT2D eigenvalue weighted by Crippen LogP contribution is -2.30. The number of hydrogen-bond acceptors (Lipinski definition) is 7. The Kier molecular flexibility index (Phi) is 5.53. The third kappa shape index (κ3) is 3.85. The van der Waals surface area contributed by atoms with E-state index in [1.807, 2.05) is 0 Å². The molecule has 1 N–H and O–H groups in total. The molecule has 2 aromatic rings. The van der Waals surface area contributed by atoms with Crippen LogP contribution in [0.3, 0.4) is 0 Å². The molecule has 3 heterocycles. The number of nitrogens with zero attached hydrogens (tertiary/aromatic N) is 2. The van der Waals surface area contributed by atoms with Crippen molar-refractivity contribution in [3.05, 3.63) is 10.4 Å². The highest BCUT2D eigenvalue weighted by Gasteiger charge is 2.30. The summed E-state index contributed by atoms with van der Waals surface area (Å²) < 4.78 is 7.14. The second kappa shape index (κ2) is 7.27. The van der Waals surface area contributed by atoms with Gasteiger partial charge in [-0.1, -0.05) is 18.7 Å². The van der Waals surface area contributed by atoms with Gasteiger partial charge in [0.15, 0.2) is 5.16 Å². The van der Waals surface area contributed by atoms with E-state index in [0.29, 0.717) is 12.4 Å². The van der Waals surface area contributed by atoms with Gasteiger partial charge in [0.25, 0.3) is 0 Å². The van der Waals surface area contributed by atoms with Crippen LogP contribution in [0.1, 0.15) is 37.6 Å². The second-order valence-electron chi connectivity index (χ2n) is 6.14. The molecule has 0 atom stereocenters. The Balaban J connectivity index is 2.06. The summed E-state index contributed by atoms with van der Waals surface area (Å²) >= 11 is 5.11. The van der Waals surface area contributed by atoms with Crippen LogP contribution in [0.25, 0.3) is 10.2 Å². The lowest BCUT2D eigenvalue weighted by atomic mass is 9.98. The summed E-state index contributed by atoms with van der Waals surface area (Å²) in [4.78, 5) is 10.9. The van der Waals surface area contributed by atoms with E-state index in [-0.39, 0.29) is 12.2 Å². The zero-order valence-corrected chi connectivity index (χ0v) is 16.2. The van der Waals surface area contributed by atoms with Crippen LogP contribution < -0.4 is 0 Å². The Hall–Kier alpha value is -0.340. The van der Waals surface area contributed by atoms with Crippen molar-refractivity contribution in [2.45, 2.75) is 56.0 Å². The molecule has 0 amide bonds. The molecule has 0 fully saturated rings. The minimum absolute atomic E-state index is 0.112. The van der Waals surface area contributed by atoms with Gasteiger partial charge in [0.2, 0.25) is 0 Å². The van der Waals surface area contributed by atoms with Crippen LogP contribution in [0.2, 0.25) is 0 Å². The first-order chi connectivity index (χ1) is 11.0. The first-order valence-electron chi connectivity index (χ1n) is 7.87. The summed E-state index contributed by atoms with van der Waals surface area (Å²) in [7, 11) is 0. The van der Waals surface area contributed by atoms with Crippen molar-refractivity contribution in [2.75, 3.05) is 18.1 Å². The standard InChI is InChI=1S/C16H22N2O2S3/c1-4-6-22-15-17-12-10-9-20-16(2,3)8-11(10)23-13(12)14(18-15)21-7-5-19/h19H,4-9H2,1-3H3. The summed E-state index contributed by atoms with van der Waals surface area (Å²) in [5.74, 6) is 1.68. The molecule has 0 aromatic carbocycles. The van der Waals surface area contributed by atoms with Gasteiger partial charge in [-0.15, -0.1) is 23.1 Å². The number of aromatic nitrogens is 2. The maximum Gasteiger partial charge on any atom is 0.189 e. The molecule has 0 unspecified atom stereocenters. The summed E-state index contributed by atoms with van der Waals surface area (Å²) in [6.07, 6.45) is 2.02. The fourth-order valence-electron chi connectivity index (χ4n) is 2.52. The molecule has 126 valence electrons. The number of hydrogen-bond donors (Lipinski definition) is 1. The minimum atomic E-state index is -0.112. The lowest BCUT2D eigenvalue weighted by molar-refractivity contribution is -0.0383. The van der Waals surface area contributed by atoms with Crippen LogP contribution in [0.15, 0.2) is 10.2 Å². The van der Waals surface area contributed by atoms with Crippen molar-refractivity contribution in [1.29, 1.82) is 0 Å². The molecule has 0 bridgehead atoms. The fourth-order valence-corrected chi connectivity index (χ4v) is 5.58. The fraction of sp³-hybridized carbons (Fsp3) is 0.625. The Bertz CT molecular complexity index is 700. The zero-order chi connectivity index (χ0) is 16.4. The van der Waals surface area contributed by atoms with Gasteiger partial charge < -0.3 is 9.84 Å². The Labute approximate surface area is 149 Å². The largest absolute Gasteiger partial charge is 0.396 e. The van der Waals surface area contributed by atoms with Crippen molar-refractivity contribution in [3.63, 3.8) is 0 Å². The van der Waals surface area contributed by atoms with Gasteiger partial charge in [-0.25, -0.2) is 9.97 Å². The molecule has 0 saturated heterocycles. The number of thiophene rings is 1. The maximum absolute atomic E-state index is 9.16. The summed E-state index contributed by atoms with van der Waals surface area (Å²) in [6.45, 7) is 7.22. The predicted molar refractivity (Wildman–Crippen MR) is 98.8 cm³/mol. The van der Waals surface area contributed by atoms with E-state index in [1.54, 1.807) is 34.9 Å².